The lowest BCUT2D eigenvalue weighted by molar-refractivity contribution is -0.137. The Kier molecular flexibility index (Phi) is 23.8. The number of carbonyl (C=O) groups excluding carboxylic acids is 3. The average molecular weight is 1000 g/mol. The van der Waals surface area contributed by atoms with Crippen LogP contribution in [0.3, 0.4) is 0 Å². The SMILES string of the molecule is CCCCCCCCCCCC/C=C\CC(=O)SCCNC(=O)CCNC(=O)[C@H](O)C(C)(C)COP(=O)(O)OP(=O)(O)OC[C@H]1O[C@@H](n2cnc3c(N)ncnc32)[C@H](O)[C@@H]1OP(=O)(O)O. The number of nitrogens with zero attached hydrogens (tertiary/aromatic N) is 4. The summed E-state index contributed by atoms with van der Waals surface area (Å²) in [7, 11) is -16.4. The minimum Gasteiger partial charge on any atom is -0.386 e. The first-order valence-electron chi connectivity index (χ1n) is 21.3. The van der Waals surface area contributed by atoms with Gasteiger partial charge in [0, 0.05) is 37.1 Å². The number of nitrogens with two attached hydrogens (primary N) is 1. The molecule has 0 aliphatic carbocycles. The summed E-state index contributed by atoms with van der Waals surface area (Å²) < 4.78 is 62.4. The van der Waals surface area contributed by atoms with Crippen LogP contribution in [0.2, 0.25) is 0 Å². The van der Waals surface area contributed by atoms with E-state index in [0.29, 0.717) is 12.2 Å². The lowest BCUT2D eigenvalue weighted by atomic mass is 9.87. The number of unbranched alkanes of at least 4 members (excludes halogenated alkanes) is 10. The van der Waals surface area contributed by atoms with Crippen molar-refractivity contribution >= 4 is 69.1 Å². The molecule has 24 nitrogen and oxygen atoms in total. The number of allylic oxidation sites excluding steroid dienone is 2. The second-order valence-corrected chi connectivity index (χ2v) is 21.3. The van der Waals surface area contributed by atoms with E-state index in [1.807, 2.05) is 12.2 Å². The molecule has 1 aliphatic heterocycles. The number of anilines is 1. The summed E-state index contributed by atoms with van der Waals surface area (Å²) in [5.74, 6) is -1.07. The van der Waals surface area contributed by atoms with E-state index < -0.39 is 84.6 Å². The molecule has 1 saturated heterocycles. The number of hydrogen-bond donors (Lipinski definition) is 9. The third-order valence-corrected chi connectivity index (χ3v) is 13.9. The topological polar surface area (TPSA) is 364 Å². The van der Waals surface area contributed by atoms with Crippen LogP contribution in [-0.2, 0) is 50.7 Å². The van der Waals surface area contributed by atoms with Crippen LogP contribution < -0.4 is 16.4 Å². The number of amides is 2. The van der Waals surface area contributed by atoms with E-state index in [2.05, 4.69) is 41.3 Å². The smallest absolute Gasteiger partial charge is 0.386 e. The molecule has 0 radical (unpaired) electrons. The van der Waals surface area contributed by atoms with Crippen LogP contribution in [0.1, 0.15) is 110 Å². The van der Waals surface area contributed by atoms with Gasteiger partial charge >= 0.3 is 23.5 Å². The Morgan fingerprint density at radius 3 is 2.25 bits per heavy atom. The van der Waals surface area contributed by atoms with E-state index in [1.165, 1.54) is 71.6 Å². The molecule has 3 rings (SSSR count). The van der Waals surface area contributed by atoms with Gasteiger partial charge in [0.05, 0.1) is 19.5 Å². The van der Waals surface area contributed by atoms with Gasteiger partial charge in [-0.1, -0.05) is 102 Å². The number of nitrogen functional groups attached to an aromatic ring is 1. The molecule has 0 spiro atoms. The summed E-state index contributed by atoms with van der Waals surface area (Å²) in [5.41, 5.74) is 4.28. The molecule has 2 aromatic rings. The van der Waals surface area contributed by atoms with Crippen LogP contribution in [0.25, 0.3) is 11.2 Å². The lowest BCUT2D eigenvalue weighted by Gasteiger charge is -2.30. The number of aliphatic hydroxyl groups is 2. The van der Waals surface area contributed by atoms with Gasteiger partial charge in [-0.15, -0.1) is 0 Å². The normalized spacial score (nSPS) is 20.4. The minimum absolute atomic E-state index is 0.0181. The van der Waals surface area contributed by atoms with Crippen LogP contribution in [0.4, 0.5) is 5.82 Å². The number of phosphoric acid groups is 3. The molecular weight excluding hydrogens is 939 g/mol. The van der Waals surface area contributed by atoms with Gasteiger partial charge in [0.1, 0.15) is 36.3 Å². The molecule has 3 heterocycles. The van der Waals surface area contributed by atoms with Crippen LogP contribution in [0.5, 0.6) is 0 Å². The highest BCUT2D eigenvalue weighted by atomic mass is 32.2. The molecule has 10 N–H and O–H groups in total. The summed E-state index contributed by atoms with van der Waals surface area (Å²) >= 11 is 1.10. The van der Waals surface area contributed by atoms with Gasteiger partial charge in [-0.05, 0) is 12.8 Å². The molecule has 28 heteroatoms. The van der Waals surface area contributed by atoms with Crippen molar-refractivity contribution in [2.24, 2.45) is 5.41 Å². The number of rotatable bonds is 32. The number of nitrogens with one attached hydrogen (secondary N) is 2. The Bertz CT molecular complexity index is 2010. The van der Waals surface area contributed by atoms with E-state index in [1.54, 1.807) is 0 Å². The van der Waals surface area contributed by atoms with Gasteiger partial charge < -0.3 is 50.9 Å². The minimum atomic E-state index is -5.57. The number of fused-ring (bicyclic) bond motifs is 1. The number of thioether (sulfide) groups is 1. The monoisotopic (exact) mass is 1000 g/mol. The summed E-state index contributed by atoms with van der Waals surface area (Å²) in [4.78, 5) is 88.2. The zero-order chi connectivity index (χ0) is 48.3. The quantitative estimate of drug-likeness (QED) is 0.0285. The van der Waals surface area contributed by atoms with E-state index >= 15 is 0 Å². The van der Waals surface area contributed by atoms with Crippen LogP contribution in [0.15, 0.2) is 24.8 Å². The van der Waals surface area contributed by atoms with E-state index in [-0.39, 0.29) is 41.6 Å². The first-order chi connectivity index (χ1) is 30.6. The van der Waals surface area contributed by atoms with Gasteiger partial charge in [0.25, 0.3) is 0 Å². The molecule has 1 fully saturated rings. The number of imidazole rings is 1. The van der Waals surface area contributed by atoms with Crippen LogP contribution in [0, 0.1) is 5.41 Å². The van der Waals surface area contributed by atoms with Crippen LogP contribution >= 0.6 is 35.2 Å². The first-order valence-corrected chi connectivity index (χ1v) is 26.8. The summed E-state index contributed by atoms with van der Waals surface area (Å²) in [6.45, 7) is 2.75. The summed E-state index contributed by atoms with van der Waals surface area (Å²) in [6.07, 6.45) is 10.9. The van der Waals surface area contributed by atoms with Gasteiger partial charge in [0.15, 0.2) is 22.8 Å². The standard InChI is InChI=1S/C37H64N7O17P3S/c1-4-5-6-7-8-9-10-11-12-13-14-15-16-17-28(46)65-21-20-39-27(45)18-19-40-35(49)32(48)37(2,3)23-58-64(55,56)61-63(53,54)57-22-26-31(60-62(50,51)52)30(47)36(59-26)44-25-43-29-33(38)41-24-42-34(29)44/h15-16,24-26,30-32,36,47-48H,4-14,17-23H2,1-3H3,(H,39,45)(H,40,49)(H,53,54)(H,55,56)(H2,38,41,42)(H2,50,51,52)/b16-15-/t26-,30-,31-,32+,36-/m1/s1. The van der Waals surface area contributed by atoms with Crippen molar-refractivity contribution in [1.29, 1.82) is 0 Å². The zero-order valence-corrected chi connectivity index (χ0v) is 40.2. The van der Waals surface area contributed by atoms with Crippen molar-refractivity contribution in [3.05, 3.63) is 24.8 Å². The third kappa shape index (κ3) is 20.6. The second-order valence-electron chi connectivity index (χ2n) is 15.9. The molecule has 65 heavy (non-hydrogen) atoms. The molecule has 0 aromatic carbocycles. The number of aliphatic hydroxyl groups excluding tert-OH is 2. The Morgan fingerprint density at radius 1 is 0.938 bits per heavy atom. The number of hydrogen-bond acceptors (Lipinski definition) is 18. The van der Waals surface area contributed by atoms with Crippen molar-refractivity contribution in [2.75, 3.05) is 37.8 Å². The number of phosphoric ester groups is 3. The average Bonchev–Trinajstić information content (AvgIpc) is 3.79. The fraction of sp³-hybridized carbons (Fsp3) is 0.730. The lowest BCUT2D eigenvalue weighted by Crippen LogP contribution is -2.46. The molecule has 370 valence electrons. The predicted molar refractivity (Wildman–Crippen MR) is 237 cm³/mol. The Hall–Kier alpha value is -2.70. The maximum atomic E-state index is 12.7. The fourth-order valence-corrected chi connectivity index (χ4v) is 9.88. The first kappa shape index (κ1) is 56.6. The third-order valence-electron chi connectivity index (χ3n) is 9.94. The number of aromatic nitrogens is 4. The molecule has 2 aromatic heterocycles. The highest BCUT2D eigenvalue weighted by molar-refractivity contribution is 8.13. The van der Waals surface area contributed by atoms with Gasteiger partial charge in [-0.25, -0.2) is 28.6 Å². The molecule has 7 atom stereocenters. The van der Waals surface area contributed by atoms with Crippen molar-refractivity contribution in [1.82, 2.24) is 30.2 Å². The van der Waals surface area contributed by atoms with Gasteiger partial charge in [-0.2, -0.15) is 4.31 Å². The molecule has 2 amide bonds. The molecule has 2 unspecified atom stereocenters. The Labute approximate surface area is 381 Å². The second kappa shape index (κ2) is 27.3. The van der Waals surface area contributed by atoms with E-state index in [0.717, 1.165) is 41.8 Å². The van der Waals surface area contributed by atoms with Crippen LogP contribution in [-0.4, -0.2) is 123 Å². The van der Waals surface area contributed by atoms with Crippen molar-refractivity contribution in [2.45, 2.75) is 135 Å². The van der Waals surface area contributed by atoms with Crippen molar-refractivity contribution in [3.63, 3.8) is 0 Å². The predicted octanol–water partition coefficient (Wildman–Crippen LogP) is 3.92. The largest absolute Gasteiger partial charge is 0.481 e. The van der Waals surface area contributed by atoms with E-state index in [4.69, 9.17) is 19.5 Å². The zero-order valence-electron chi connectivity index (χ0n) is 36.7. The molecule has 0 saturated carbocycles. The molecule has 0 bridgehead atoms. The van der Waals surface area contributed by atoms with Crippen molar-refractivity contribution in [3.8, 4) is 0 Å². The maximum absolute atomic E-state index is 12.7. The molecular formula is C37H64N7O17P3S. The van der Waals surface area contributed by atoms with Crippen molar-refractivity contribution < 1.29 is 80.5 Å². The summed E-state index contributed by atoms with van der Waals surface area (Å²) in [6, 6.07) is 0. The highest BCUT2D eigenvalue weighted by Gasteiger charge is 2.50. The van der Waals surface area contributed by atoms with Gasteiger partial charge in [-0.3, -0.25) is 32.5 Å². The van der Waals surface area contributed by atoms with E-state index in [9.17, 15) is 57.9 Å². The number of carbonyl (C=O) groups is 3. The Balaban J connectivity index is 1.34. The number of ether oxygens (including phenoxy) is 1. The Morgan fingerprint density at radius 2 is 1.58 bits per heavy atom. The highest BCUT2D eigenvalue weighted by Crippen LogP contribution is 2.61. The maximum Gasteiger partial charge on any atom is 0.481 e. The summed E-state index contributed by atoms with van der Waals surface area (Å²) in [5, 5.41) is 26.5. The molecule has 1 aliphatic rings. The fourth-order valence-electron chi connectivity index (χ4n) is 6.40. The van der Waals surface area contributed by atoms with Gasteiger partial charge in [0.2, 0.25) is 11.8 Å².